The number of aromatic nitrogens is 1. The summed E-state index contributed by atoms with van der Waals surface area (Å²) in [6.07, 6.45) is -2.87. The molecular weight excluding hydrogens is 383 g/mol. The largest absolute Gasteiger partial charge is 0.416 e. The smallest absolute Gasteiger partial charge is 0.366 e. The minimum Gasteiger partial charge on any atom is -0.366 e. The summed E-state index contributed by atoms with van der Waals surface area (Å²) in [6.45, 7) is 1.51. The Hall–Kier alpha value is -3.19. The second kappa shape index (κ2) is 6.42. The third-order valence-electron chi connectivity index (χ3n) is 5.33. The van der Waals surface area contributed by atoms with Crippen LogP contribution in [0.2, 0.25) is 0 Å². The summed E-state index contributed by atoms with van der Waals surface area (Å²) in [4.78, 5) is 29.3. The molecule has 0 fully saturated rings. The van der Waals surface area contributed by atoms with E-state index in [0.29, 0.717) is 27.7 Å². The van der Waals surface area contributed by atoms with Crippen molar-refractivity contribution in [1.29, 1.82) is 0 Å². The molecular formula is C22H16F3NO3. The lowest BCUT2D eigenvalue weighted by Crippen LogP contribution is -2.44. The van der Waals surface area contributed by atoms with E-state index < -0.39 is 28.6 Å². The molecule has 1 heterocycles. The number of ether oxygens (including phenoxy) is 1. The van der Waals surface area contributed by atoms with Gasteiger partial charge in [0.15, 0.2) is 5.60 Å². The molecule has 0 bridgehead atoms. The zero-order valence-corrected chi connectivity index (χ0v) is 15.6. The molecule has 3 aromatic rings. The monoisotopic (exact) mass is 399 g/mol. The first kappa shape index (κ1) is 19.1. The average molecular weight is 399 g/mol. The molecule has 1 N–H and O–H groups in total. The van der Waals surface area contributed by atoms with Gasteiger partial charge in [-0.05, 0) is 42.8 Å². The van der Waals surface area contributed by atoms with Crippen molar-refractivity contribution < 1.29 is 22.7 Å². The molecule has 4 rings (SSSR count). The van der Waals surface area contributed by atoms with Crippen molar-refractivity contribution in [3.8, 4) is 0 Å². The number of H-pyrrole nitrogens is 1. The van der Waals surface area contributed by atoms with Crippen LogP contribution in [0.4, 0.5) is 13.2 Å². The Morgan fingerprint density at radius 1 is 1.00 bits per heavy atom. The molecule has 0 saturated heterocycles. The van der Waals surface area contributed by atoms with E-state index in [-0.39, 0.29) is 5.56 Å². The quantitative estimate of drug-likeness (QED) is 0.680. The number of carbonyl (C=O) groups excluding carboxylic acids is 1. The maximum absolute atomic E-state index is 13.3. The van der Waals surface area contributed by atoms with E-state index in [1.165, 1.54) is 26.2 Å². The molecule has 0 amide bonds. The predicted octanol–water partition coefficient (Wildman–Crippen LogP) is 4.69. The molecule has 1 atom stereocenters. The molecule has 0 radical (unpaired) electrons. The average Bonchev–Trinajstić information content (AvgIpc) is 2.70. The van der Waals surface area contributed by atoms with E-state index in [9.17, 15) is 22.8 Å². The topological polar surface area (TPSA) is 59.2 Å². The molecule has 1 aliphatic rings. The van der Waals surface area contributed by atoms with Gasteiger partial charge in [-0.25, -0.2) is 0 Å². The number of halogens is 3. The van der Waals surface area contributed by atoms with Crippen molar-refractivity contribution >= 4 is 28.3 Å². The minimum absolute atomic E-state index is 0.0243. The van der Waals surface area contributed by atoms with Gasteiger partial charge in [0.05, 0.1) is 16.8 Å². The van der Waals surface area contributed by atoms with Gasteiger partial charge in [-0.3, -0.25) is 9.59 Å². The van der Waals surface area contributed by atoms with Crippen molar-refractivity contribution in [1.82, 2.24) is 4.98 Å². The summed E-state index contributed by atoms with van der Waals surface area (Å²) in [5.74, 6) is -0.542. The van der Waals surface area contributed by atoms with Gasteiger partial charge >= 0.3 is 6.18 Å². The molecule has 0 spiro atoms. The summed E-state index contributed by atoms with van der Waals surface area (Å²) < 4.78 is 44.2. The second-order valence-electron chi connectivity index (χ2n) is 6.99. The Morgan fingerprint density at radius 3 is 2.28 bits per heavy atom. The van der Waals surface area contributed by atoms with E-state index in [4.69, 9.17) is 4.74 Å². The number of ketones is 1. The summed E-state index contributed by atoms with van der Waals surface area (Å²) in [6, 6.07) is 11.3. The highest BCUT2D eigenvalue weighted by atomic mass is 19.4. The number of carbonyl (C=O) groups is 1. The van der Waals surface area contributed by atoms with E-state index >= 15 is 0 Å². The highest BCUT2D eigenvalue weighted by molar-refractivity contribution is 6.18. The molecule has 1 aromatic heterocycles. The van der Waals surface area contributed by atoms with Crippen molar-refractivity contribution in [3.63, 3.8) is 0 Å². The van der Waals surface area contributed by atoms with Crippen LogP contribution in [-0.2, 0) is 10.9 Å². The SMILES string of the molecule is COC1(C)C(=O)c2c([nH]c3ccccc3c2=O)C=C1c1ccc(C(F)(F)F)cc1. The number of para-hydroxylation sites is 1. The minimum atomic E-state index is -4.46. The van der Waals surface area contributed by atoms with Crippen LogP contribution in [0.1, 0.15) is 34.1 Å². The van der Waals surface area contributed by atoms with Crippen LogP contribution < -0.4 is 5.43 Å². The first-order valence-electron chi connectivity index (χ1n) is 8.81. The van der Waals surface area contributed by atoms with Gasteiger partial charge in [0.25, 0.3) is 0 Å². The Morgan fingerprint density at radius 2 is 1.66 bits per heavy atom. The van der Waals surface area contributed by atoms with Crippen molar-refractivity contribution in [2.75, 3.05) is 7.11 Å². The number of fused-ring (bicyclic) bond motifs is 2. The number of methoxy groups -OCH3 is 1. The fourth-order valence-corrected chi connectivity index (χ4v) is 3.63. The van der Waals surface area contributed by atoms with Crippen LogP contribution in [0, 0.1) is 0 Å². The third-order valence-corrected chi connectivity index (χ3v) is 5.33. The van der Waals surface area contributed by atoms with E-state index in [0.717, 1.165) is 12.1 Å². The first-order valence-corrected chi connectivity index (χ1v) is 8.81. The number of hydrogen-bond acceptors (Lipinski definition) is 3. The predicted molar refractivity (Wildman–Crippen MR) is 104 cm³/mol. The Kier molecular flexibility index (Phi) is 4.24. The Bertz CT molecular complexity index is 1220. The van der Waals surface area contributed by atoms with Crippen LogP contribution in [0.25, 0.3) is 22.6 Å². The molecule has 0 saturated carbocycles. The Labute approximate surface area is 163 Å². The number of nitrogens with one attached hydrogen (secondary N) is 1. The van der Waals surface area contributed by atoms with Crippen LogP contribution in [0.5, 0.6) is 0 Å². The van der Waals surface area contributed by atoms with Crippen LogP contribution in [0.15, 0.2) is 53.3 Å². The van der Waals surface area contributed by atoms with E-state index in [1.807, 2.05) is 0 Å². The second-order valence-corrected chi connectivity index (χ2v) is 6.99. The molecule has 1 unspecified atom stereocenters. The summed E-state index contributed by atoms with van der Waals surface area (Å²) >= 11 is 0. The first-order chi connectivity index (χ1) is 13.7. The van der Waals surface area contributed by atoms with Gasteiger partial charge in [-0.2, -0.15) is 13.2 Å². The molecule has 7 heteroatoms. The van der Waals surface area contributed by atoms with Crippen LogP contribution in [-0.4, -0.2) is 23.5 Å². The van der Waals surface area contributed by atoms with Crippen molar-refractivity contribution in [2.24, 2.45) is 0 Å². The van der Waals surface area contributed by atoms with Gasteiger partial charge in [0, 0.05) is 23.6 Å². The molecule has 29 heavy (non-hydrogen) atoms. The van der Waals surface area contributed by atoms with Gasteiger partial charge in [0.2, 0.25) is 11.2 Å². The van der Waals surface area contributed by atoms with Gasteiger partial charge in [-0.1, -0.05) is 24.3 Å². The zero-order chi connectivity index (χ0) is 21.0. The fraction of sp³-hybridized carbons (Fsp3) is 0.182. The summed E-state index contributed by atoms with van der Waals surface area (Å²) in [7, 11) is 1.33. The fourth-order valence-electron chi connectivity index (χ4n) is 3.63. The number of aromatic amines is 1. The number of pyridine rings is 1. The van der Waals surface area contributed by atoms with Gasteiger partial charge in [-0.15, -0.1) is 0 Å². The van der Waals surface area contributed by atoms with Crippen LogP contribution in [0.3, 0.4) is 0 Å². The van der Waals surface area contributed by atoms with E-state index in [1.54, 1.807) is 30.3 Å². The molecule has 148 valence electrons. The normalized spacial score (nSPS) is 19.2. The Balaban J connectivity index is 1.97. The number of hydrogen-bond donors (Lipinski definition) is 1. The van der Waals surface area contributed by atoms with Crippen molar-refractivity contribution in [3.05, 3.63) is 81.1 Å². The third kappa shape index (κ3) is 2.89. The van der Waals surface area contributed by atoms with Crippen LogP contribution >= 0.6 is 0 Å². The highest BCUT2D eigenvalue weighted by Crippen LogP contribution is 2.40. The summed E-state index contributed by atoms with van der Waals surface area (Å²) in [5, 5.41) is 0.379. The summed E-state index contributed by atoms with van der Waals surface area (Å²) in [5.41, 5.74) is -1.09. The lowest BCUT2D eigenvalue weighted by atomic mass is 9.77. The van der Waals surface area contributed by atoms with Crippen molar-refractivity contribution in [2.45, 2.75) is 18.7 Å². The number of alkyl halides is 3. The number of rotatable bonds is 2. The molecule has 2 aromatic carbocycles. The molecule has 1 aliphatic carbocycles. The number of benzene rings is 2. The van der Waals surface area contributed by atoms with Gasteiger partial charge < -0.3 is 9.72 Å². The highest BCUT2D eigenvalue weighted by Gasteiger charge is 2.44. The number of Topliss-reactive ketones (excluding diaryl/α,β-unsaturated/α-hetero) is 1. The lowest BCUT2D eigenvalue weighted by molar-refractivity contribution is -0.137. The standard InChI is InChI=1S/C22H16F3NO3/c1-21(29-2)15(12-7-9-13(10-8-12)22(23,24)25)11-17-18(20(21)28)19(27)14-5-3-4-6-16(14)26-17/h3-11H,1-2H3,(H,26,27). The lowest BCUT2D eigenvalue weighted by Gasteiger charge is -2.33. The molecule has 0 aliphatic heterocycles. The molecule has 4 nitrogen and oxygen atoms in total. The zero-order valence-electron chi connectivity index (χ0n) is 15.6. The maximum Gasteiger partial charge on any atom is 0.416 e. The van der Waals surface area contributed by atoms with E-state index in [2.05, 4.69) is 4.98 Å². The maximum atomic E-state index is 13.3. The van der Waals surface area contributed by atoms with Gasteiger partial charge in [0.1, 0.15) is 0 Å².